The van der Waals surface area contributed by atoms with Crippen LogP contribution in [0.5, 0.6) is 0 Å². The van der Waals surface area contributed by atoms with E-state index >= 15 is 0 Å². The fourth-order valence-corrected chi connectivity index (χ4v) is 2.17. The molecule has 0 aromatic heterocycles. The van der Waals surface area contributed by atoms with Crippen molar-refractivity contribution in [2.24, 2.45) is 10.4 Å². The third kappa shape index (κ3) is 5.44. The van der Waals surface area contributed by atoms with E-state index in [1.54, 1.807) is 45.0 Å². The summed E-state index contributed by atoms with van der Waals surface area (Å²) in [6, 6.07) is 10.6. The lowest BCUT2D eigenvalue weighted by Gasteiger charge is -2.20. The molecule has 0 aliphatic rings. The second kappa shape index (κ2) is 7.85. The number of Topliss-reactive ketones (excluding diaryl/α,β-unsaturated/α-hetero) is 1. The first-order valence-corrected chi connectivity index (χ1v) is 8.28. The van der Waals surface area contributed by atoms with Gasteiger partial charge in [-0.05, 0) is 36.4 Å². The van der Waals surface area contributed by atoms with Crippen LogP contribution in [0.25, 0.3) is 0 Å². The number of nitrogens with one attached hydrogen (secondary N) is 2. The molecule has 0 saturated heterocycles. The number of halogens is 3. The molecule has 0 atom stereocenters. The summed E-state index contributed by atoms with van der Waals surface area (Å²) in [5, 5.41) is 0.797. The van der Waals surface area contributed by atoms with Gasteiger partial charge in [-0.25, -0.2) is 9.38 Å². The van der Waals surface area contributed by atoms with Crippen molar-refractivity contribution in [2.45, 2.75) is 20.8 Å². The molecule has 0 bridgehead atoms. The topological polar surface area (TPSA) is 53.5 Å². The van der Waals surface area contributed by atoms with Crippen LogP contribution >= 0.6 is 23.2 Å². The van der Waals surface area contributed by atoms with Crippen molar-refractivity contribution in [1.82, 2.24) is 5.43 Å². The summed E-state index contributed by atoms with van der Waals surface area (Å²) in [4.78, 5) is 16.9. The number of anilines is 1. The molecule has 0 aliphatic heterocycles. The van der Waals surface area contributed by atoms with Crippen LogP contribution in [0.3, 0.4) is 0 Å². The Labute approximate surface area is 156 Å². The van der Waals surface area contributed by atoms with E-state index < -0.39 is 11.2 Å². The van der Waals surface area contributed by atoms with E-state index in [0.717, 1.165) is 0 Å². The minimum absolute atomic E-state index is 0.0594. The molecule has 0 spiro atoms. The molecule has 0 fully saturated rings. The number of hydrogen-bond acceptors (Lipinski definition) is 3. The Balaban J connectivity index is 2.28. The van der Waals surface area contributed by atoms with Crippen molar-refractivity contribution >= 4 is 46.2 Å². The van der Waals surface area contributed by atoms with Gasteiger partial charge >= 0.3 is 0 Å². The van der Waals surface area contributed by atoms with E-state index in [-0.39, 0.29) is 11.6 Å². The summed E-state index contributed by atoms with van der Waals surface area (Å²) in [5.74, 6) is -0.602. The minimum atomic E-state index is -0.668. The standard InChI is InChI=1S/C18H18Cl2FN3O/c1-18(2,3)16(25)17(22-12-6-4-5-11(21)9-12)24-23-13-7-8-14(19)15(20)10-13/h4-10,23H,1-3H3,(H,22,24). The largest absolute Gasteiger partial charge is 0.299 e. The number of carbonyl (C=O) groups excluding carboxylic acids is 1. The predicted octanol–water partition coefficient (Wildman–Crippen LogP) is 5.39. The van der Waals surface area contributed by atoms with E-state index in [4.69, 9.17) is 23.2 Å². The molecule has 4 nitrogen and oxygen atoms in total. The first-order valence-electron chi connectivity index (χ1n) is 7.53. The Bertz CT molecular complexity index is 816. The maximum atomic E-state index is 13.4. The molecule has 0 radical (unpaired) electrons. The zero-order valence-electron chi connectivity index (χ0n) is 14.0. The van der Waals surface area contributed by atoms with Crippen LogP contribution in [0.1, 0.15) is 20.8 Å². The summed E-state index contributed by atoms with van der Waals surface area (Å²) in [6.07, 6.45) is 0. The lowest BCUT2D eigenvalue weighted by atomic mass is 9.90. The Morgan fingerprint density at radius 2 is 1.80 bits per heavy atom. The van der Waals surface area contributed by atoms with Crippen LogP contribution in [-0.4, -0.2) is 11.6 Å². The third-order valence-corrected chi connectivity index (χ3v) is 3.93. The normalized spacial score (nSPS) is 12.0. The molecule has 0 saturated carbocycles. The van der Waals surface area contributed by atoms with Gasteiger partial charge in [0.1, 0.15) is 5.82 Å². The number of hydrazine groups is 1. The Hall–Kier alpha value is -2.11. The van der Waals surface area contributed by atoms with Gasteiger partial charge in [-0.2, -0.15) is 0 Å². The van der Waals surface area contributed by atoms with Crippen molar-refractivity contribution in [3.05, 3.63) is 58.3 Å². The minimum Gasteiger partial charge on any atom is -0.299 e. The fraction of sp³-hybridized carbons (Fsp3) is 0.222. The van der Waals surface area contributed by atoms with Gasteiger partial charge in [-0.15, -0.1) is 0 Å². The summed E-state index contributed by atoms with van der Waals surface area (Å²) in [5.41, 5.74) is 5.91. The summed E-state index contributed by atoms with van der Waals surface area (Å²) >= 11 is 11.9. The molecule has 2 aromatic rings. The van der Waals surface area contributed by atoms with Gasteiger partial charge in [0.05, 0.1) is 21.4 Å². The molecule has 7 heteroatoms. The molecule has 2 N–H and O–H groups in total. The quantitative estimate of drug-likeness (QED) is 0.423. The SMILES string of the molecule is CC(C)(C)C(=O)C(=Nc1cccc(F)c1)NNc1ccc(Cl)c(Cl)c1. The van der Waals surface area contributed by atoms with Crippen molar-refractivity contribution in [2.75, 3.05) is 5.43 Å². The molecule has 132 valence electrons. The number of carbonyl (C=O) groups is 1. The van der Waals surface area contributed by atoms with Crippen LogP contribution in [0.2, 0.25) is 10.0 Å². The molecule has 0 amide bonds. The zero-order chi connectivity index (χ0) is 18.6. The molecule has 25 heavy (non-hydrogen) atoms. The lowest BCUT2D eigenvalue weighted by Crippen LogP contribution is -2.41. The van der Waals surface area contributed by atoms with Gasteiger partial charge in [-0.3, -0.25) is 15.6 Å². The number of nitrogens with zero attached hydrogens (tertiary/aromatic N) is 1. The van der Waals surface area contributed by atoms with E-state index in [1.807, 2.05) is 0 Å². The molecule has 0 unspecified atom stereocenters. The number of benzene rings is 2. The second-order valence-corrected chi connectivity index (χ2v) is 7.21. The predicted molar refractivity (Wildman–Crippen MR) is 101 cm³/mol. The average molecular weight is 382 g/mol. The second-order valence-electron chi connectivity index (χ2n) is 6.40. The molecule has 2 aromatic carbocycles. The number of rotatable bonds is 4. The van der Waals surface area contributed by atoms with Crippen molar-refractivity contribution < 1.29 is 9.18 Å². The van der Waals surface area contributed by atoms with Gasteiger partial charge in [0.25, 0.3) is 0 Å². The number of amidine groups is 1. The molecule has 2 rings (SSSR count). The first-order chi connectivity index (χ1) is 11.7. The van der Waals surface area contributed by atoms with Crippen molar-refractivity contribution in [3.63, 3.8) is 0 Å². The average Bonchev–Trinajstić information content (AvgIpc) is 2.53. The van der Waals surface area contributed by atoms with Crippen LogP contribution in [0.4, 0.5) is 15.8 Å². The van der Waals surface area contributed by atoms with Gasteiger partial charge in [0.2, 0.25) is 5.78 Å². The highest BCUT2D eigenvalue weighted by atomic mass is 35.5. The van der Waals surface area contributed by atoms with E-state index in [1.165, 1.54) is 18.2 Å². The van der Waals surface area contributed by atoms with Crippen LogP contribution in [0.15, 0.2) is 47.5 Å². The van der Waals surface area contributed by atoms with Gasteiger partial charge in [0, 0.05) is 5.41 Å². The maximum absolute atomic E-state index is 13.4. The lowest BCUT2D eigenvalue weighted by molar-refractivity contribution is -0.119. The Morgan fingerprint density at radius 3 is 2.40 bits per heavy atom. The number of aliphatic imine (C=N–C) groups is 1. The Morgan fingerprint density at radius 1 is 1.08 bits per heavy atom. The van der Waals surface area contributed by atoms with Crippen LogP contribution in [-0.2, 0) is 4.79 Å². The van der Waals surface area contributed by atoms with Crippen LogP contribution in [0, 0.1) is 11.2 Å². The number of hydrogen-bond donors (Lipinski definition) is 2. The van der Waals surface area contributed by atoms with Crippen molar-refractivity contribution in [3.8, 4) is 0 Å². The summed E-state index contributed by atoms with van der Waals surface area (Å²) in [7, 11) is 0. The monoisotopic (exact) mass is 381 g/mol. The zero-order valence-corrected chi connectivity index (χ0v) is 15.5. The highest BCUT2D eigenvalue weighted by Crippen LogP contribution is 2.25. The molecular formula is C18H18Cl2FN3O. The number of ketones is 1. The van der Waals surface area contributed by atoms with E-state index in [9.17, 15) is 9.18 Å². The molecular weight excluding hydrogens is 364 g/mol. The van der Waals surface area contributed by atoms with Gasteiger partial charge in [0.15, 0.2) is 5.84 Å². The van der Waals surface area contributed by atoms with Crippen LogP contribution < -0.4 is 10.9 Å². The van der Waals surface area contributed by atoms with Gasteiger partial charge < -0.3 is 0 Å². The highest BCUT2D eigenvalue weighted by molar-refractivity contribution is 6.42. The fourth-order valence-electron chi connectivity index (χ4n) is 1.87. The Kier molecular flexibility index (Phi) is 6.03. The third-order valence-electron chi connectivity index (χ3n) is 3.19. The summed E-state index contributed by atoms with van der Waals surface area (Å²) < 4.78 is 13.4. The first kappa shape index (κ1) is 19.2. The van der Waals surface area contributed by atoms with Gasteiger partial charge in [-0.1, -0.05) is 50.0 Å². The van der Waals surface area contributed by atoms with Crippen molar-refractivity contribution in [1.29, 1.82) is 0 Å². The van der Waals surface area contributed by atoms with E-state index in [0.29, 0.717) is 21.4 Å². The highest BCUT2D eigenvalue weighted by Gasteiger charge is 2.26. The molecule has 0 aliphatic carbocycles. The smallest absolute Gasteiger partial charge is 0.204 e. The van der Waals surface area contributed by atoms with E-state index in [2.05, 4.69) is 15.8 Å². The maximum Gasteiger partial charge on any atom is 0.204 e. The summed E-state index contributed by atoms with van der Waals surface area (Å²) in [6.45, 7) is 5.33. The molecule has 0 heterocycles.